The molecule has 4 aliphatic carbocycles. The summed E-state index contributed by atoms with van der Waals surface area (Å²) in [6, 6.07) is 0. The van der Waals surface area contributed by atoms with E-state index in [4.69, 9.17) is 0 Å². The van der Waals surface area contributed by atoms with E-state index in [1.165, 1.54) is 12.0 Å². The maximum Gasteiger partial charge on any atom is 0.0615 e. The van der Waals surface area contributed by atoms with Crippen molar-refractivity contribution in [3.05, 3.63) is 11.6 Å². The van der Waals surface area contributed by atoms with Crippen LogP contribution in [0.2, 0.25) is 0 Å². The van der Waals surface area contributed by atoms with Crippen molar-refractivity contribution in [1.82, 2.24) is 0 Å². The van der Waals surface area contributed by atoms with E-state index in [9.17, 15) is 15.3 Å². The Morgan fingerprint density at radius 3 is 2.50 bits per heavy atom. The van der Waals surface area contributed by atoms with Crippen LogP contribution >= 0.6 is 0 Å². The summed E-state index contributed by atoms with van der Waals surface area (Å²) in [5, 5.41) is 30.8. The number of aliphatic hydroxyl groups is 3. The highest BCUT2D eigenvalue weighted by Crippen LogP contribution is 2.66. The third-order valence-electron chi connectivity index (χ3n) is 8.91. The number of hydrogen-bond acceptors (Lipinski definition) is 3. The molecular formula is C21H34O3. The largest absolute Gasteiger partial charge is 0.393 e. The zero-order chi connectivity index (χ0) is 17.1. The molecule has 3 nitrogen and oxygen atoms in total. The van der Waals surface area contributed by atoms with Crippen molar-refractivity contribution in [2.75, 3.05) is 6.61 Å². The SMILES string of the molecule is C[C@]12CCC3C(C[C@H](O)[C@H]4CC(=CCO)CC[C@]34C)C1CC[C@@H]2O. The highest BCUT2D eigenvalue weighted by molar-refractivity contribution is 5.17. The van der Waals surface area contributed by atoms with E-state index in [-0.39, 0.29) is 29.6 Å². The van der Waals surface area contributed by atoms with Gasteiger partial charge in [0, 0.05) is 0 Å². The smallest absolute Gasteiger partial charge is 0.0615 e. The van der Waals surface area contributed by atoms with Crippen LogP contribution in [-0.2, 0) is 0 Å². The van der Waals surface area contributed by atoms with Gasteiger partial charge in [0.1, 0.15) is 0 Å². The molecule has 3 unspecified atom stereocenters. The predicted octanol–water partition coefficient (Wildman–Crippen LogP) is 3.28. The molecule has 0 heterocycles. The van der Waals surface area contributed by atoms with Gasteiger partial charge < -0.3 is 15.3 Å². The fourth-order valence-electron chi connectivity index (χ4n) is 7.43. The van der Waals surface area contributed by atoms with Crippen molar-refractivity contribution in [3.63, 3.8) is 0 Å². The van der Waals surface area contributed by atoms with Crippen LogP contribution in [0.25, 0.3) is 0 Å². The molecule has 3 N–H and O–H groups in total. The molecule has 136 valence electrons. The Morgan fingerprint density at radius 2 is 1.75 bits per heavy atom. The van der Waals surface area contributed by atoms with Gasteiger partial charge in [-0.3, -0.25) is 0 Å². The fraction of sp³-hybridized carbons (Fsp3) is 0.905. The molecule has 0 saturated heterocycles. The quantitative estimate of drug-likeness (QED) is 0.645. The maximum absolute atomic E-state index is 11.0. The van der Waals surface area contributed by atoms with E-state index in [0.29, 0.717) is 23.7 Å². The van der Waals surface area contributed by atoms with Crippen LogP contribution in [0.3, 0.4) is 0 Å². The van der Waals surface area contributed by atoms with E-state index in [1.807, 2.05) is 6.08 Å². The number of aliphatic hydroxyl groups excluding tert-OH is 3. The topological polar surface area (TPSA) is 60.7 Å². The average Bonchev–Trinajstić information content (AvgIpc) is 2.85. The van der Waals surface area contributed by atoms with Crippen molar-refractivity contribution < 1.29 is 15.3 Å². The summed E-state index contributed by atoms with van der Waals surface area (Å²) in [5.74, 6) is 2.22. The normalized spacial score (nSPS) is 55.8. The molecule has 0 aromatic carbocycles. The summed E-state index contributed by atoms with van der Waals surface area (Å²) in [6.45, 7) is 4.86. The van der Waals surface area contributed by atoms with Gasteiger partial charge in [0.25, 0.3) is 0 Å². The zero-order valence-electron chi connectivity index (χ0n) is 15.2. The maximum atomic E-state index is 11.0. The molecule has 0 amide bonds. The van der Waals surface area contributed by atoms with Crippen LogP contribution in [-0.4, -0.2) is 34.1 Å². The minimum atomic E-state index is -0.223. The molecule has 3 heteroatoms. The molecule has 0 radical (unpaired) electrons. The summed E-state index contributed by atoms with van der Waals surface area (Å²) < 4.78 is 0. The molecule has 0 bridgehead atoms. The van der Waals surface area contributed by atoms with Crippen LogP contribution in [0.4, 0.5) is 0 Å². The van der Waals surface area contributed by atoms with E-state index in [2.05, 4.69) is 13.8 Å². The molecule has 24 heavy (non-hydrogen) atoms. The molecular weight excluding hydrogens is 300 g/mol. The van der Waals surface area contributed by atoms with Crippen LogP contribution in [0, 0.1) is 34.5 Å². The average molecular weight is 335 g/mol. The minimum Gasteiger partial charge on any atom is -0.393 e. The summed E-state index contributed by atoms with van der Waals surface area (Å²) in [6.07, 6.45) is 10.2. The molecule has 4 rings (SSSR count). The van der Waals surface area contributed by atoms with Gasteiger partial charge in [0.15, 0.2) is 0 Å². The van der Waals surface area contributed by atoms with Gasteiger partial charge in [0.05, 0.1) is 18.8 Å². The summed E-state index contributed by atoms with van der Waals surface area (Å²) in [4.78, 5) is 0. The Hall–Kier alpha value is -0.380. The van der Waals surface area contributed by atoms with Gasteiger partial charge in [-0.15, -0.1) is 0 Å². The standard InChI is InChI=1S/C21H34O3/c1-20-8-5-13(7-10-22)11-17(20)18(23)12-14-15-3-4-19(24)21(15,2)9-6-16(14)20/h7,14-19,22-24H,3-6,8-12H2,1-2H3/t14?,15?,16?,17-,18+,19+,20-,21+/m1/s1. The lowest BCUT2D eigenvalue weighted by Crippen LogP contribution is -2.57. The molecule has 8 atom stereocenters. The first-order valence-corrected chi connectivity index (χ1v) is 10.0. The van der Waals surface area contributed by atoms with Crippen LogP contribution in [0.1, 0.15) is 65.2 Å². The summed E-state index contributed by atoms with van der Waals surface area (Å²) in [5.41, 5.74) is 1.65. The molecule has 4 saturated carbocycles. The van der Waals surface area contributed by atoms with Gasteiger partial charge in [-0.25, -0.2) is 0 Å². The Balaban J connectivity index is 1.63. The van der Waals surface area contributed by atoms with E-state index >= 15 is 0 Å². The second kappa shape index (κ2) is 5.82. The predicted molar refractivity (Wildman–Crippen MR) is 94.3 cm³/mol. The first-order chi connectivity index (χ1) is 11.4. The Morgan fingerprint density at radius 1 is 1.00 bits per heavy atom. The highest BCUT2D eigenvalue weighted by atomic mass is 16.3. The Labute approximate surface area is 146 Å². The number of rotatable bonds is 1. The van der Waals surface area contributed by atoms with Gasteiger partial charge >= 0.3 is 0 Å². The molecule has 4 aliphatic rings. The van der Waals surface area contributed by atoms with Crippen molar-refractivity contribution in [3.8, 4) is 0 Å². The Kier molecular flexibility index (Phi) is 4.14. The summed E-state index contributed by atoms with van der Waals surface area (Å²) >= 11 is 0. The molecule has 0 aromatic rings. The minimum absolute atomic E-state index is 0.0840. The third-order valence-corrected chi connectivity index (χ3v) is 8.91. The first kappa shape index (κ1) is 17.1. The van der Waals surface area contributed by atoms with Crippen LogP contribution < -0.4 is 0 Å². The molecule has 0 aliphatic heterocycles. The lowest BCUT2D eigenvalue weighted by molar-refractivity contribution is -0.156. The second-order valence-corrected chi connectivity index (χ2v) is 9.68. The van der Waals surface area contributed by atoms with Gasteiger partial charge in [0.2, 0.25) is 0 Å². The first-order valence-electron chi connectivity index (χ1n) is 10.0. The molecule has 0 spiro atoms. The lowest BCUT2D eigenvalue weighted by Gasteiger charge is -2.61. The van der Waals surface area contributed by atoms with E-state index in [1.54, 1.807) is 0 Å². The van der Waals surface area contributed by atoms with Crippen molar-refractivity contribution >= 4 is 0 Å². The van der Waals surface area contributed by atoms with Crippen molar-refractivity contribution in [2.24, 2.45) is 34.5 Å². The number of hydrogen-bond donors (Lipinski definition) is 3. The van der Waals surface area contributed by atoms with Crippen molar-refractivity contribution in [2.45, 2.75) is 77.4 Å². The van der Waals surface area contributed by atoms with Gasteiger partial charge in [-0.2, -0.15) is 0 Å². The molecule has 0 aromatic heterocycles. The Bertz CT molecular complexity index is 529. The van der Waals surface area contributed by atoms with Gasteiger partial charge in [-0.1, -0.05) is 25.5 Å². The van der Waals surface area contributed by atoms with Crippen LogP contribution in [0.5, 0.6) is 0 Å². The number of allylic oxidation sites excluding steroid dienone is 1. The summed E-state index contributed by atoms with van der Waals surface area (Å²) in [7, 11) is 0. The van der Waals surface area contributed by atoms with E-state index in [0.717, 1.165) is 44.9 Å². The monoisotopic (exact) mass is 334 g/mol. The van der Waals surface area contributed by atoms with Crippen molar-refractivity contribution in [1.29, 1.82) is 0 Å². The zero-order valence-corrected chi connectivity index (χ0v) is 15.2. The fourth-order valence-corrected chi connectivity index (χ4v) is 7.43. The number of fused-ring (bicyclic) bond motifs is 5. The molecule has 4 fully saturated rings. The van der Waals surface area contributed by atoms with Crippen LogP contribution in [0.15, 0.2) is 11.6 Å². The van der Waals surface area contributed by atoms with E-state index < -0.39 is 0 Å². The van der Waals surface area contributed by atoms with Gasteiger partial charge in [-0.05, 0) is 85.9 Å². The lowest BCUT2D eigenvalue weighted by atomic mass is 9.44. The highest BCUT2D eigenvalue weighted by Gasteiger charge is 2.61. The second-order valence-electron chi connectivity index (χ2n) is 9.68. The third kappa shape index (κ3) is 2.27.